The summed E-state index contributed by atoms with van der Waals surface area (Å²) in [5, 5.41) is 9.28. The lowest BCUT2D eigenvalue weighted by molar-refractivity contribution is 0.0173. The molecule has 2 N–H and O–H groups in total. The Balaban J connectivity index is 1.79. The van der Waals surface area contributed by atoms with Gasteiger partial charge in [-0.1, -0.05) is 0 Å². The summed E-state index contributed by atoms with van der Waals surface area (Å²) in [4.78, 5) is 11.4. The maximum Gasteiger partial charge on any atom is 0.407 e. The number of aromatic amines is 1. The molecule has 1 amide bonds. The molecule has 0 atom stereocenters. The van der Waals surface area contributed by atoms with E-state index in [-0.39, 0.29) is 4.90 Å². The van der Waals surface area contributed by atoms with E-state index in [1.165, 1.54) is 4.31 Å². The number of amides is 1. The van der Waals surface area contributed by atoms with Gasteiger partial charge in [0.15, 0.2) is 0 Å². The minimum absolute atomic E-state index is 0.250. The fourth-order valence-electron chi connectivity index (χ4n) is 2.96. The molecule has 1 spiro atoms. The first kappa shape index (κ1) is 14.3. The topological polar surface area (TPSA) is 104 Å². The second-order valence-corrected chi connectivity index (χ2v) is 7.47. The predicted molar refractivity (Wildman–Crippen MR) is 73.3 cm³/mol. The van der Waals surface area contributed by atoms with Gasteiger partial charge in [-0.3, -0.25) is 5.10 Å². The lowest BCUT2D eigenvalue weighted by Gasteiger charge is -2.36. The van der Waals surface area contributed by atoms with Crippen LogP contribution in [0.3, 0.4) is 0 Å². The van der Waals surface area contributed by atoms with Crippen molar-refractivity contribution in [1.82, 2.24) is 19.8 Å². The molecule has 2 aliphatic heterocycles. The second-order valence-electron chi connectivity index (χ2n) is 5.59. The van der Waals surface area contributed by atoms with Crippen LogP contribution in [0, 0.1) is 13.8 Å². The molecule has 3 rings (SSSR count). The number of nitrogens with one attached hydrogen (secondary N) is 2. The molecule has 0 radical (unpaired) electrons. The Bertz CT molecular complexity index is 654. The van der Waals surface area contributed by atoms with Gasteiger partial charge in [-0.25, -0.2) is 13.2 Å². The van der Waals surface area contributed by atoms with E-state index in [0.29, 0.717) is 43.9 Å². The number of sulfonamides is 1. The fraction of sp³-hybridized carbons (Fsp3) is 0.667. The van der Waals surface area contributed by atoms with E-state index in [2.05, 4.69) is 15.5 Å². The Hall–Kier alpha value is -1.61. The Kier molecular flexibility index (Phi) is 3.21. The van der Waals surface area contributed by atoms with Gasteiger partial charge in [-0.15, -0.1) is 0 Å². The van der Waals surface area contributed by atoms with Crippen molar-refractivity contribution in [3.05, 3.63) is 11.4 Å². The number of alkyl carbamates (subject to hydrolysis) is 1. The van der Waals surface area contributed by atoms with Gasteiger partial charge >= 0.3 is 6.09 Å². The third-order valence-electron chi connectivity index (χ3n) is 4.16. The van der Waals surface area contributed by atoms with Crippen LogP contribution in [-0.4, -0.2) is 54.2 Å². The van der Waals surface area contributed by atoms with E-state index < -0.39 is 21.7 Å². The molecule has 0 aromatic carbocycles. The van der Waals surface area contributed by atoms with Crippen LogP contribution in [0.25, 0.3) is 0 Å². The van der Waals surface area contributed by atoms with Crippen LogP contribution in [0.5, 0.6) is 0 Å². The van der Waals surface area contributed by atoms with Gasteiger partial charge in [-0.05, 0) is 13.8 Å². The summed E-state index contributed by atoms with van der Waals surface area (Å²) >= 11 is 0. The van der Waals surface area contributed by atoms with E-state index in [4.69, 9.17) is 4.74 Å². The zero-order chi connectivity index (χ0) is 15.3. The van der Waals surface area contributed by atoms with Gasteiger partial charge < -0.3 is 10.1 Å². The van der Waals surface area contributed by atoms with Crippen LogP contribution >= 0.6 is 0 Å². The van der Waals surface area contributed by atoms with Gasteiger partial charge in [0.05, 0.1) is 17.9 Å². The molecule has 2 saturated heterocycles. The van der Waals surface area contributed by atoms with Crippen molar-refractivity contribution in [3.63, 3.8) is 0 Å². The van der Waals surface area contributed by atoms with Gasteiger partial charge in [0.25, 0.3) is 0 Å². The van der Waals surface area contributed by atoms with Crippen molar-refractivity contribution in [2.75, 3.05) is 19.6 Å². The molecule has 0 aliphatic carbocycles. The van der Waals surface area contributed by atoms with E-state index in [1.54, 1.807) is 13.8 Å². The van der Waals surface area contributed by atoms with Crippen molar-refractivity contribution in [2.45, 2.75) is 37.2 Å². The van der Waals surface area contributed by atoms with Crippen molar-refractivity contribution in [2.24, 2.45) is 0 Å². The Morgan fingerprint density at radius 1 is 1.29 bits per heavy atom. The molecule has 21 heavy (non-hydrogen) atoms. The predicted octanol–water partition coefficient (Wildman–Crippen LogP) is 0.290. The van der Waals surface area contributed by atoms with E-state index in [9.17, 15) is 13.2 Å². The molecule has 0 unspecified atom stereocenters. The number of H-pyrrole nitrogens is 1. The standard InChI is InChI=1S/C12H18N4O4S/c1-8-10(9(2)15-14-8)21(18,19)16-5-3-12(4-6-16)7-13-11(17)20-12/h3-7H2,1-2H3,(H,13,17)(H,14,15). The number of carbonyl (C=O) groups is 1. The maximum atomic E-state index is 12.7. The smallest absolute Gasteiger partial charge is 0.407 e. The fourth-order valence-corrected chi connectivity index (χ4v) is 4.74. The second kappa shape index (κ2) is 4.70. The van der Waals surface area contributed by atoms with Crippen LogP contribution in [0.15, 0.2) is 4.90 Å². The molecule has 9 heteroatoms. The summed E-state index contributed by atoms with van der Waals surface area (Å²) in [5.41, 5.74) is 0.465. The number of hydrogen-bond acceptors (Lipinski definition) is 5. The van der Waals surface area contributed by atoms with Crippen molar-refractivity contribution in [1.29, 1.82) is 0 Å². The van der Waals surface area contributed by atoms with Gasteiger partial charge in [0.1, 0.15) is 10.5 Å². The molecule has 2 aliphatic rings. The monoisotopic (exact) mass is 314 g/mol. The average Bonchev–Trinajstić information content (AvgIpc) is 2.94. The summed E-state index contributed by atoms with van der Waals surface area (Å²) in [7, 11) is -3.56. The first-order valence-electron chi connectivity index (χ1n) is 6.83. The van der Waals surface area contributed by atoms with E-state index in [1.807, 2.05) is 0 Å². The minimum atomic E-state index is -3.56. The maximum absolute atomic E-state index is 12.7. The molecule has 116 valence electrons. The van der Waals surface area contributed by atoms with Crippen LogP contribution in [0.1, 0.15) is 24.2 Å². The third kappa shape index (κ3) is 2.30. The number of aryl methyl sites for hydroxylation is 2. The summed E-state index contributed by atoms with van der Waals surface area (Å²) in [5.74, 6) is 0. The number of nitrogens with zero attached hydrogens (tertiary/aromatic N) is 2. The Labute approximate surface area is 122 Å². The summed E-state index contributed by atoms with van der Waals surface area (Å²) in [6.45, 7) is 4.48. The van der Waals surface area contributed by atoms with Crippen LogP contribution in [0.4, 0.5) is 4.79 Å². The van der Waals surface area contributed by atoms with Crippen molar-refractivity contribution < 1.29 is 17.9 Å². The highest BCUT2D eigenvalue weighted by atomic mass is 32.2. The van der Waals surface area contributed by atoms with E-state index in [0.717, 1.165) is 0 Å². The number of ether oxygens (including phenoxy) is 1. The number of piperidine rings is 1. The minimum Gasteiger partial charge on any atom is -0.441 e. The van der Waals surface area contributed by atoms with Crippen molar-refractivity contribution in [3.8, 4) is 0 Å². The quantitative estimate of drug-likeness (QED) is 0.816. The molecular weight excluding hydrogens is 296 g/mol. The summed E-state index contributed by atoms with van der Waals surface area (Å²) in [6.07, 6.45) is 0.579. The highest BCUT2D eigenvalue weighted by Gasteiger charge is 2.45. The molecule has 0 saturated carbocycles. The van der Waals surface area contributed by atoms with Gasteiger partial charge in [0.2, 0.25) is 10.0 Å². The van der Waals surface area contributed by atoms with Crippen LogP contribution < -0.4 is 5.32 Å². The molecule has 1 aromatic heterocycles. The Morgan fingerprint density at radius 3 is 2.43 bits per heavy atom. The molecule has 1 aromatic rings. The molecule has 2 fully saturated rings. The SMILES string of the molecule is Cc1n[nH]c(C)c1S(=O)(=O)N1CCC2(CC1)CNC(=O)O2. The normalized spacial score (nSPS) is 22.3. The highest BCUT2D eigenvalue weighted by Crippen LogP contribution is 2.32. The molecule has 0 bridgehead atoms. The molecular formula is C12H18N4O4S. The first-order valence-corrected chi connectivity index (χ1v) is 8.27. The van der Waals surface area contributed by atoms with Crippen LogP contribution in [0.2, 0.25) is 0 Å². The largest absolute Gasteiger partial charge is 0.441 e. The number of carbonyl (C=O) groups excluding carboxylic acids is 1. The third-order valence-corrected chi connectivity index (χ3v) is 6.32. The van der Waals surface area contributed by atoms with E-state index >= 15 is 0 Å². The highest BCUT2D eigenvalue weighted by molar-refractivity contribution is 7.89. The summed E-state index contributed by atoms with van der Waals surface area (Å²) in [6, 6.07) is 0. The zero-order valence-electron chi connectivity index (χ0n) is 12.0. The first-order chi connectivity index (χ1) is 9.84. The zero-order valence-corrected chi connectivity index (χ0v) is 12.8. The lowest BCUT2D eigenvalue weighted by Crippen LogP contribution is -2.48. The molecule has 8 nitrogen and oxygen atoms in total. The van der Waals surface area contributed by atoms with Crippen LogP contribution in [-0.2, 0) is 14.8 Å². The number of hydrogen-bond donors (Lipinski definition) is 2. The number of aromatic nitrogens is 2. The number of rotatable bonds is 2. The molecule has 3 heterocycles. The van der Waals surface area contributed by atoms with Gasteiger partial charge in [-0.2, -0.15) is 9.40 Å². The Morgan fingerprint density at radius 2 is 1.95 bits per heavy atom. The summed E-state index contributed by atoms with van der Waals surface area (Å²) < 4.78 is 32.1. The van der Waals surface area contributed by atoms with Crippen molar-refractivity contribution >= 4 is 16.1 Å². The lowest BCUT2D eigenvalue weighted by atomic mass is 9.93. The average molecular weight is 314 g/mol. The van der Waals surface area contributed by atoms with Gasteiger partial charge in [0, 0.05) is 25.9 Å².